The first-order chi connectivity index (χ1) is 24.3. The van der Waals surface area contributed by atoms with Crippen LogP contribution >= 0.6 is 23.2 Å². The molecule has 7 rings (SSSR count). The van der Waals surface area contributed by atoms with Crippen LogP contribution < -0.4 is 19.8 Å². The van der Waals surface area contributed by atoms with Crippen molar-refractivity contribution in [2.24, 2.45) is 5.92 Å². The number of H-pyrrole nitrogens is 1. The van der Waals surface area contributed by atoms with E-state index in [0.717, 1.165) is 43.6 Å². The van der Waals surface area contributed by atoms with Crippen LogP contribution in [0.4, 0.5) is 0 Å². The number of nitrogens with one attached hydrogen (secondary N) is 2. The first-order valence-electron chi connectivity index (χ1n) is 16.9. The van der Waals surface area contributed by atoms with Gasteiger partial charge in [-0.25, -0.2) is 9.78 Å². The smallest absolute Gasteiger partial charge is 0.338 e. The number of halogens is 2. The van der Waals surface area contributed by atoms with Gasteiger partial charge in [0.1, 0.15) is 22.3 Å². The van der Waals surface area contributed by atoms with Gasteiger partial charge in [-0.3, -0.25) is 9.69 Å². The van der Waals surface area contributed by atoms with Gasteiger partial charge >= 0.3 is 11.9 Å². The van der Waals surface area contributed by atoms with Crippen molar-refractivity contribution >= 4 is 35.1 Å². The lowest BCUT2D eigenvalue weighted by Crippen LogP contribution is -2.52. The minimum Gasteiger partial charge on any atom is -0.870 e. The lowest BCUT2D eigenvalue weighted by atomic mass is 9.85. The molecule has 4 heterocycles. The van der Waals surface area contributed by atoms with Gasteiger partial charge in [0.05, 0.1) is 25.7 Å². The van der Waals surface area contributed by atoms with Crippen molar-refractivity contribution in [2.45, 2.75) is 43.9 Å². The van der Waals surface area contributed by atoms with Crippen LogP contribution in [0.15, 0.2) is 85.2 Å². The molecule has 3 N–H and O–H groups in total. The first kappa shape index (κ1) is 38.1. The molecule has 3 saturated heterocycles. The number of aromatic amines is 1. The molecule has 0 spiro atoms. The molecule has 0 amide bonds. The van der Waals surface area contributed by atoms with E-state index in [1.165, 1.54) is 0 Å². The molecule has 12 heteroatoms. The lowest BCUT2D eigenvalue weighted by molar-refractivity contribution is -0.377. The topological polar surface area (TPSA) is 130 Å². The fourth-order valence-corrected chi connectivity index (χ4v) is 7.28. The van der Waals surface area contributed by atoms with Crippen molar-refractivity contribution in [3.63, 3.8) is 0 Å². The number of esters is 2. The zero-order valence-corrected chi connectivity index (χ0v) is 30.2. The summed E-state index contributed by atoms with van der Waals surface area (Å²) in [7, 11) is 3.11. The number of piperidine rings is 3. The molecule has 51 heavy (non-hydrogen) atoms. The summed E-state index contributed by atoms with van der Waals surface area (Å²) in [5, 5.41) is 4.29. The van der Waals surface area contributed by atoms with E-state index in [2.05, 4.69) is 15.2 Å². The van der Waals surface area contributed by atoms with Crippen LogP contribution in [0.25, 0.3) is 0 Å². The summed E-state index contributed by atoms with van der Waals surface area (Å²) >= 11 is 12.9. The van der Waals surface area contributed by atoms with E-state index < -0.39 is 18.0 Å². The van der Waals surface area contributed by atoms with Gasteiger partial charge in [-0.2, -0.15) is 0 Å². The third-order valence-electron chi connectivity index (χ3n) is 9.63. The lowest BCUT2D eigenvalue weighted by Gasteiger charge is -2.44. The number of rotatable bonds is 14. The van der Waals surface area contributed by atoms with Crippen molar-refractivity contribution in [3.8, 4) is 11.5 Å². The zero-order valence-electron chi connectivity index (χ0n) is 28.6. The van der Waals surface area contributed by atoms with E-state index in [1.807, 2.05) is 48.5 Å². The molecule has 0 saturated carbocycles. The molecular weight excluding hydrogens is 693 g/mol. The standard InChI is InChI=1S/C39H41Cl2N3O6.H2O/c1-47-34-13-12-29(18-36(34)48-2)35(19-30-32(40)22-43-23-33(30)41)49-38(45)28-10-8-25(9-11-28)20-42-21-31(26-6-4-3-5-7-26)39(46)50-37-24-44-16-14-27(37)15-17-44;/h3-13,18,22-23,27,31,35,37,42H,14-17,19-21,24H2,1-2H3;1H2/t31?,35-,37-;/m0./s1. The maximum Gasteiger partial charge on any atom is 0.338 e. The Kier molecular flexibility index (Phi) is 13.3. The number of carbonyl (C=O) groups excluding carboxylic acids is 2. The Balaban J connectivity index is 0.00000504. The molecule has 1 aromatic heterocycles. The first-order valence-corrected chi connectivity index (χ1v) is 17.6. The van der Waals surface area contributed by atoms with Gasteiger partial charge < -0.3 is 29.7 Å². The van der Waals surface area contributed by atoms with Gasteiger partial charge in [0, 0.05) is 31.6 Å². The maximum atomic E-state index is 13.5. The van der Waals surface area contributed by atoms with E-state index in [9.17, 15) is 9.59 Å². The van der Waals surface area contributed by atoms with Crippen LogP contribution in [0.5, 0.6) is 11.5 Å². The Labute approximate surface area is 308 Å². The zero-order chi connectivity index (χ0) is 35.0. The quantitative estimate of drug-likeness (QED) is 0.148. The average Bonchev–Trinajstić information content (AvgIpc) is 3.15. The van der Waals surface area contributed by atoms with E-state index in [1.54, 1.807) is 50.9 Å². The number of nitrogens with zero attached hydrogens (tertiary/aromatic N) is 1. The maximum absolute atomic E-state index is 13.5. The van der Waals surface area contributed by atoms with Gasteiger partial charge in [-0.15, -0.1) is 0 Å². The molecule has 3 aliphatic heterocycles. The molecule has 10 nitrogen and oxygen atoms in total. The molecule has 3 fully saturated rings. The van der Waals surface area contributed by atoms with Gasteiger partial charge in [0.15, 0.2) is 23.9 Å². The number of fused-ring (bicyclic) bond motifs is 3. The monoisotopic (exact) mass is 735 g/mol. The normalized spacial score (nSPS) is 18.9. The van der Waals surface area contributed by atoms with Crippen molar-refractivity contribution in [2.75, 3.05) is 40.4 Å². The molecule has 2 bridgehead atoms. The summed E-state index contributed by atoms with van der Waals surface area (Å²) in [6, 6.07) is 22.3. The Morgan fingerprint density at radius 3 is 2.22 bits per heavy atom. The Hall–Kier alpha value is -4.19. The summed E-state index contributed by atoms with van der Waals surface area (Å²) in [5.41, 5.74) is 3.60. The fourth-order valence-electron chi connectivity index (χ4n) is 6.75. The van der Waals surface area contributed by atoms with Crippen LogP contribution in [0.3, 0.4) is 0 Å². The van der Waals surface area contributed by atoms with Gasteiger partial charge in [-0.1, -0.05) is 71.7 Å². The van der Waals surface area contributed by atoms with Gasteiger partial charge in [0.2, 0.25) is 0 Å². The van der Waals surface area contributed by atoms with Crippen LogP contribution in [0, 0.1) is 5.92 Å². The molecule has 3 atom stereocenters. The molecular formula is C39H43Cl2N3O7. The number of benzene rings is 3. The number of methoxy groups -OCH3 is 2. The summed E-state index contributed by atoms with van der Waals surface area (Å²) in [6.45, 7) is 3.92. The third-order valence-corrected chi connectivity index (χ3v) is 10.3. The Bertz CT molecular complexity index is 1750. The summed E-state index contributed by atoms with van der Waals surface area (Å²) in [5.74, 6) is 0.374. The van der Waals surface area contributed by atoms with Crippen molar-refractivity contribution in [1.82, 2.24) is 10.2 Å². The average molecular weight is 737 g/mol. The second-order valence-corrected chi connectivity index (χ2v) is 13.6. The van der Waals surface area contributed by atoms with Crippen LogP contribution in [0.2, 0.25) is 10.0 Å². The second kappa shape index (κ2) is 17.8. The van der Waals surface area contributed by atoms with E-state index in [-0.39, 0.29) is 24.0 Å². The highest BCUT2D eigenvalue weighted by Gasteiger charge is 2.38. The molecule has 4 aromatic rings. The molecule has 270 valence electrons. The fraction of sp³-hybridized carbons (Fsp3) is 0.359. The predicted octanol–water partition coefficient (Wildman–Crippen LogP) is 6.30. The van der Waals surface area contributed by atoms with Gasteiger partial charge in [-0.05, 0) is 72.8 Å². The minimum atomic E-state index is -0.725. The number of pyridine rings is 1. The highest BCUT2D eigenvalue weighted by atomic mass is 35.5. The van der Waals surface area contributed by atoms with E-state index >= 15 is 0 Å². The number of carbonyl (C=O) groups is 2. The molecule has 0 aliphatic carbocycles. The van der Waals surface area contributed by atoms with E-state index in [4.69, 9.17) is 42.1 Å². The van der Waals surface area contributed by atoms with Crippen LogP contribution in [-0.4, -0.2) is 68.8 Å². The molecule has 0 radical (unpaired) electrons. The number of hydrogen-bond acceptors (Lipinski definition) is 9. The van der Waals surface area contributed by atoms with Crippen LogP contribution in [-0.2, 0) is 27.2 Å². The van der Waals surface area contributed by atoms with Crippen LogP contribution in [0.1, 0.15) is 57.5 Å². The molecule has 3 aromatic carbocycles. The SMILES string of the molecule is COc1ccc([C@H](Cc2c(Cl)c[nH+]cc2Cl)OC(=O)c2ccc(CNCC(C(=O)O[C@H]3CN4CCC3CC4)c3ccccc3)cc2)cc1OC.[OH-]. The Morgan fingerprint density at radius 2 is 1.59 bits per heavy atom. The summed E-state index contributed by atoms with van der Waals surface area (Å²) in [4.78, 5) is 32.3. The number of hydrogen-bond donors (Lipinski definition) is 1. The second-order valence-electron chi connectivity index (χ2n) is 12.7. The predicted molar refractivity (Wildman–Crippen MR) is 193 cm³/mol. The Morgan fingerprint density at radius 1 is 0.902 bits per heavy atom. The van der Waals surface area contributed by atoms with Crippen molar-refractivity contribution in [3.05, 3.63) is 123 Å². The largest absolute Gasteiger partial charge is 0.870 e. The number of aromatic nitrogens is 1. The highest BCUT2D eigenvalue weighted by Crippen LogP contribution is 2.36. The molecule has 3 aliphatic rings. The minimum absolute atomic E-state index is 0. The third kappa shape index (κ3) is 9.38. The van der Waals surface area contributed by atoms with Crippen molar-refractivity contribution < 1.29 is 39.0 Å². The summed E-state index contributed by atoms with van der Waals surface area (Å²) < 4.78 is 23.1. The van der Waals surface area contributed by atoms with Gasteiger partial charge in [0.25, 0.3) is 0 Å². The van der Waals surface area contributed by atoms with E-state index in [0.29, 0.717) is 57.2 Å². The highest BCUT2D eigenvalue weighted by molar-refractivity contribution is 6.35. The molecule has 1 unspecified atom stereocenters. The number of ether oxygens (including phenoxy) is 4. The van der Waals surface area contributed by atoms with Crippen molar-refractivity contribution in [1.29, 1.82) is 0 Å². The summed E-state index contributed by atoms with van der Waals surface area (Å²) in [6.07, 6.45) is 4.90.